The molecular weight excluding hydrogens is 309 g/mol. The fraction of sp³-hybridized carbons (Fsp3) is 0.471. The minimum Gasteiger partial charge on any atom is -0.464 e. The number of nitrogens with one attached hydrogen (secondary N) is 1. The molecule has 0 spiro atoms. The Morgan fingerprint density at radius 2 is 1.83 bits per heavy atom. The van der Waals surface area contributed by atoms with E-state index in [1.165, 1.54) is 7.11 Å². The number of hydrogen-bond acceptors (Lipinski definition) is 5. The number of fused-ring (bicyclic) bond motifs is 1. The maximum Gasteiger partial charge on any atom is 0.495 e. The number of methoxy groups -OCH3 is 1. The molecule has 0 aliphatic carbocycles. The van der Waals surface area contributed by atoms with Gasteiger partial charge in [0.05, 0.1) is 24.9 Å². The van der Waals surface area contributed by atoms with E-state index in [9.17, 15) is 9.90 Å². The predicted molar refractivity (Wildman–Crippen MR) is 91.3 cm³/mol. The third kappa shape index (κ3) is 2.62. The number of H-pyrrole nitrogens is 1. The number of benzene rings is 1. The first kappa shape index (κ1) is 17.0. The molecule has 2 aromatic rings. The van der Waals surface area contributed by atoms with Crippen LogP contribution in [0.3, 0.4) is 0 Å². The lowest BCUT2D eigenvalue weighted by Crippen LogP contribution is -2.41. The van der Waals surface area contributed by atoms with Crippen LogP contribution in [0.5, 0.6) is 0 Å². The normalized spacial score (nSPS) is 19.0. The van der Waals surface area contributed by atoms with E-state index in [4.69, 9.17) is 14.0 Å². The molecule has 0 radical (unpaired) electrons. The number of aliphatic hydroxyl groups excluding tert-OH is 1. The number of carbonyl (C=O) groups excluding carboxylic acids is 1. The zero-order valence-corrected chi connectivity index (χ0v) is 14.6. The van der Waals surface area contributed by atoms with Gasteiger partial charge < -0.3 is 24.1 Å². The van der Waals surface area contributed by atoms with Gasteiger partial charge in [0.15, 0.2) is 0 Å². The van der Waals surface area contributed by atoms with Gasteiger partial charge in [0, 0.05) is 5.52 Å². The summed E-state index contributed by atoms with van der Waals surface area (Å²) in [6.07, 6.45) is 0. The number of carbonyl (C=O) groups is 1. The highest BCUT2D eigenvalue weighted by Crippen LogP contribution is 2.37. The first-order valence-electron chi connectivity index (χ1n) is 7.89. The molecule has 128 valence electrons. The second-order valence-corrected chi connectivity index (χ2v) is 7.06. The summed E-state index contributed by atoms with van der Waals surface area (Å²) in [7, 11) is 0.765. The summed E-state index contributed by atoms with van der Waals surface area (Å²) in [5.74, 6) is -0.436. The third-order valence-corrected chi connectivity index (χ3v) is 4.96. The topological polar surface area (TPSA) is 80.8 Å². The van der Waals surface area contributed by atoms with Crippen molar-refractivity contribution in [2.45, 2.75) is 45.5 Å². The van der Waals surface area contributed by atoms with Crippen molar-refractivity contribution in [3.8, 4) is 0 Å². The number of aromatic amines is 1. The van der Waals surface area contributed by atoms with E-state index >= 15 is 0 Å². The molecule has 1 fully saturated rings. The van der Waals surface area contributed by atoms with Crippen LogP contribution in [0.2, 0.25) is 0 Å². The predicted octanol–water partition coefficient (Wildman–Crippen LogP) is 1.75. The maximum atomic E-state index is 11.7. The molecule has 0 saturated carbocycles. The molecule has 1 saturated heterocycles. The van der Waals surface area contributed by atoms with Crippen molar-refractivity contribution in [3.63, 3.8) is 0 Å². The van der Waals surface area contributed by atoms with Crippen molar-refractivity contribution in [2.75, 3.05) is 7.11 Å². The molecule has 0 amide bonds. The smallest absolute Gasteiger partial charge is 0.464 e. The summed E-state index contributed by atoms with van der Waals surface area (Å²) in [5, 5.41) is 10.6. The van der Waals surface area contributed by atoms with Crippen LogP contribution in [0.4, 0.5) is 0 Å². The number of ether oxygens (including phenoxy) is 1. The molecule has 1 aliphatic heterocycles. The second-order valence-electron chi connectivity index (χ2n) is 7.06. The van der Waals surface area contributed by atoms with Crippen LogP contribution in [-0.4, -0.2) is 41.5 Å². The van der Waals surface area contributed by atoms with Gasteiger partial charge in [0.2, 0.25) is 0 Å². The van der Waals surface area contributed by atoms with E-state index in [0.29, 0.717) is 11.3 Å². The molecule has 3 rings (SSSR count). The summed E-state index contributed by atoms with van der Waals surface area (Å²) in [6, 6.07) is 5.41. The lowest BCUT2D eigenvalue weighted by Gasteiger charge is -2.32. The first-order chi connectivity index (χ1) is 11.2. The zero-order valence-electron chi connectivity index (χ0n) is 14.6. The standard InChI is InChI=1S/C17H22BNO5/c1-16(2)17(3,4)24-18(23-16)12-6-10-7-14(15(21)22-5)19-13(10)8-11(12)9-20/h6-8,19-20H,9H2,1-5H3. The summed E-state index contributed by atoms with van der Waals surface area (Å²) < 4.78 is 16.9. The average molecular weight is 331 g/mol. The summed E-state index contributed by atoms with van der Waals surface area (Å²) in [6.45, 7) is 7.78. The Kier molecular flexibility index (Phi) is 3.98. The van der Waals surface area contributed by atoms with Crippen LogP contribution in [0.1, 0.15) is 43.7 Å². The third-order valence-electron chi connectivity index (χ3n) is 4.96. The Bertz CT molecular complexity index is 780. The Morgan fingerprint density at radius 1 is 1.21 bits per heavy atom. The van der Waals surface area contributed by atoms with Gasteiger partial charge in [-0.15, -0.1) is 0 Å². The number of esters is 1. The van der Waals surface area contributed by atoms with Gasteiger partial charge in [-0.25, -0.2) is 4.79 Å². The van der Waals surface area contributed by atoms with Gasteiger partial charge in [0.1, 0.15) is 5.69 Å². The van der Waals surface area contributed by atoms with Crippen LogP contribution >= 0.6 is 0 Å². The fourth-order valence-electron chi connectivity index (χ4n) is 2.79. The molecule has 1 aromatic carbocycles. The minimum atomic E-state index is -0.571. The SMILES string of the molecule is COC(=O)c1cc2cc(B3OC(C)(C)C(C)(C)O3)c(CO)cc2[nH]1. The van der Waals surface area contributed by atoms with Crippen molar-refractivity contribution >= 4 is 29.5 Å². The van der Waals surface area contributed by atoms with Gasteiger partial charge in [-0.05, 0) is 56.2 Å². The minimum absolute atomic E-state index is 0.151. The molecule has 0 atom stereocenters. The number of rotatable bonds is 3. The van der Waals surface area contributed by atoms with Crippen LogP contribution in [0.15, 0.2) is 18.2 Å². The lowest BCUT2D eigenvalue weighted by molar-refractivity contribution is 0.00578. The summed E-state index contributed by atoms with van der Waals surface area (Å²) in [4.78, 5) is 14.7. The van der Waals surface area contributed by atoms with E-state index in [1.807, 2.05) is 39.8 Å². The summed E-state index contributed by atoms with van der Waals surface area (Å²) >= 11 is 0. The molecular formula is C17H22BNO5. The number of hydrogen-bond donors (Lipinski definition) is 2. The first-order valence-corrected chi connectivity index (χ1v) is 7.89. The van der Waals surface area contributed by atoms with Gasteiger partial charge in [-0.1, -0.05) is 6.07 Å². The van der Waals surface area contributed by atoms with Crippen molar-refractivity contribution in [1.82, 2.24) is 4.98 Å². The molecule has 7 heteroatoms. The summed E-state index contributed by atoms with van der Waals surface area (Å²) in [5.41, 5.74) is 1.64. The van der Waals surface area contributed by atoms with Crippen LogP contribution < -0.4 is 5.46 Å². The fourth-order valence-corrected chi connectivity index (χ4v) is 2.79. The van der Waals surface area contributed by atoms with Crippen molar-refractivity contribution in [3.05, 3.63) is 29.5 Å². The monoisotopic (exact) mass is 331 g/mol. The van der Waals surface area contributed by atoms with E-state index in [1.54, 1.807) is 6.07 Å². The highest BCUT2D eigenvalue weighted by Gasteiger charge is 2.52. The zero-order chi connectivity index (χ0) is 17.7. The molecule has 24 heavy (non-hydrogen) atoms. The van der Waals surface area contributed by atoms with E-state index in [2.05, 4.69) is 4.98 Å². The molecule has 2 N–H and O–H groups in total. The maximum absolute atomic E-state index is 11.7. The number of aromatic nitrogens is 1. The van der Waals surface area contributed by atoms with Crippen LogP contribution in [0, 0.1) is 0 Å². The Morgan fingerprint density at radius 3 is 2.38 bits per heavy atom. The molecule has 0 unspecified atom stereocenters. The highest BCUT2D eigenvalue weighted by molar-refractivity contribution is 6.63. The van der Waals surface area contributed by atoms with Crippen molar-refractivity contribution < 1.29 is 23.9 Å². The Labute approximate surface area is 141 Å². The van der Waals surface area contributed by atoms with E-state index in [-0.39, 0.29) is 6.61 Å². The van der Waals surface area contributed by atoms with Gasteiger partial charge in [-0.2, -0.15) is 0 Å². The van der Waals surface area contributed by atoms with Gasteiger partial charge in [0.25, 0.3) is 0 Å². The Balaban J connectivity index is 2.06. The average Bonchev–Trinajstić information content (AvgIpc) is 3.02. The van der Waals surface area contributed by atoms with Crippen molar-refractivity contribution in [1.29, 1.82) is 0 Å². The second kappa shape index (κ2) is 5.62. The largest absolute Gasteiger partial charge is 0.495 e. The lowest BCUT2D eigenvalue weighted by atomic mass is 9.75. The van der Waals surface area contributed by atoms with Crippen LogP contribution in [0.25, 0.3) is 10.9 Å². The molecule has 1 aliphatic rings. The van der Waals surface area contributed by atoms with E-state index in [0.717, 1.165) is 16.4 Å². The molecule has 6 nitrogen and oxygen atoms in total. The van der Waals surface area contributed by atoms with Crippen molar-refractivity contribution in [2.24, 2.45) is 0 Å². The highest BCUT2D eigenvalue weighted by atomic mass is 16.7. The van der Waals surface area contributed by atoms with Gasteiger partial charge >= 0.3 is 13.1 Å². The molecule has 2 heterocycles. The number of aliphatic hydroxyl groups is 1. The van der Waals surface area contributed by atoms with E-state index < -0.39 is 24.3 Å². The molecule has 1 aromatic heterocycles. The Hall–Kier alpha value is -1.83. The quantitative estimate of drug-likeness (QED) is 0.662. The van der Waals surface area contributed by atoms with Gasteiger partial charge in [-0.3, -0.25) is 0 Å². The van der Waals surface area contributed by atoms with Crippen LogP contribution in [-0.2, 0) is 20.7 Å². The molecule has 0 bridgehead atoms.